The maximum Gasteiger partial charge on any atom is 0.286 e. The summed E-state index contributed by atoms with van der Waals surface area (Å²) in [5.74, 6) is 0. The third-order valence-corrected chi connectivity index (χ3v) is 3.08. The molecule has 15 heavy (non-hydrogen) atoms. The summed E-state index contributed by atoms with van der Waals surface area (Å²) in [6, 6.07) is 9.59. The van der Waals surface area contributed by atoms with E-state index in [-0.39, 0.29) is 10.5 Å². The van der Waals surface area contributed by atoms with E-state index in [0.717, 1.165) is 5.69 Å². The van der Waals surface area contributed by atoms with Crippen LogP contribution in [-0.4, -0.2) is 17.5 Å². The lowest BCUT2D eigenvalue weighted by Gasteiger charge is -2.17. The van der Waals surface area contributed by atoms with Crippen LogP contribution in [0.5, 0.6) is 0 Å². The van der Waals surface area contributed by atoms with Crippen LogP contribution in [0, 0.1) is 0 Å². The molecule has 1 aromatic carbocycles. The maximum atomic E-state index is 11.8. The Labute approximate surface area is 95.0 Å². The number of para-hydroxylation sites is 1. The van der Waals surface area contributed by atoms with E-state index in [1.807, 2.05) is 37.3 Å². The third kappa shape index (κ3) is 3.44. The molecule has 0 bridgehead atoms. The quantitative estimate of drug-likeness (QED) is 0.727. The lowest BCUT2D eigenvalue weighted by Crippen LogP contribution is -2.22. The van der Waals surface area contributed by atoms with E-state index >= 15 is 0 Å². The van der Waals surface area contributed by atoms with Crippen LogP contribution in [0.1, 0.15) is 6.92 Å². The van der Waals surface area contributed by atoms with Crippen molar-refractivity contribution in [1.82, 2.24) is 0 Å². The minimum atomic E-state index is 0.0357. The van der Waals surface area contributed by atoms with Crippen LogP contribution in [0.3, 0.4) is 0 Å². The minimum Gasteiger partial charge on any atom is -0.306 e. The molecule has 0 spiro atoms. The van der Waals surface area contributed by atoms with E-state index in [0.29, 0.717) is 0 Å². The highest BCUT2D eigenvalue weighted by Gasteiger charge is 2.13. The lowest BCUT2D eigenvalue weighted by molar-refractivity contribution is 0.266. The molecule has 0 saturated carbocycles. The summed E-state index contributed by atoms with van der Waals surface area (Å²) in [4.78, 5) is 13.4. The highest BCUT2D eigenvalue weighted by Crippen LogP contribution is 2.20. The van der Waals surface area contributed by atoms with E-state index < -0.39 is 0 Å². The van der Waals surface area contributed by atoms with Crippen LogP contribution in [0.4, 0.5) is 10.5 Å². The number of rotatable bonds is 3. The zero-order chi connectivity index (χ0) is 11.3. The van der Waals surface area contributed by atoms with Crippen molar-refractivity contribution < 1.29 is 4.79 Å². The third-order valence-electron chi connectivity index (χ3n) is 2.04. The van der Waals surface area contributed by atoms with Gasteiger partial charge in [0.25, 0.3) is 5.24 Å². The fourth-order valence-corrected chi connectivity index (χ4v) is 1.72. The number of carbonyl (C=O) groups excluding carboxylic acids is 1. The summed E-state index contributed by atoms with van der Waals surface area (Å²) < 4.78 is 0. The second-order valence-corrected chi connectivity index (χ2v) is 4.55. The van der Waals surface area contributed by atoms with Crippen molar-refractivity contribution in [3.05, 3.63) is 43.0 Å². The first kappa shape index (κ1) is 11.9. The molecule has 1 rings (SSSR count). The number of thioether (sulfide) groups is 1. The van der Waals surface area contributed by atoms with Crippen LogP contribution >= 0.6 is 11.8 Å². The van der Waals surface area contributed by atoms with Crippen LogP contribution < -0.4 is 4.90 Å². The second-order valence-electron chi connectivity index (χ2n) is 3.22. The Kier molecular flexibility index (Phi) is 4.43. The molecule has 0 N–H and O–H groups in total. The zero-order valence-electron chi connectivity index (χ0n) is 9.01. The number of amides is 1. The van der Waals surface area contributed by atoms with Crippen molar-refractivity contribution in [2.24, 2.45) is 0 Å². The highest BCUT2D eigenvalue weighted by atomic mass is 32.2. The van der Waals surface area contributed by atoms with E-state index in [2.05, 4.69) is 6.58 Å². The normalized spacial score (nSPS) is 11.9. The van der Waals surface area contributed by atoms with Gasteiger partial charge in [-0.2, -0.15) is 0 Å². The molecule has 0 saturated heterocycles. The summed E-state index contributed by atoms with van der Waals surface area (Å²) in [5.41, 5.74) is 0.909. The number of hydrogen-bond donors (Lipinski definition) is 0. The smallest absolute Gasteiger partial charge is 0.286 e. The van der Waals surface area contributed by atoms with Gasteiger partial charge < -0.3 is 4.90 Å². The first-order valence-electron chi connectivity index (χ1n) is 4.77. The summed E-state index contributed by atoms with van der Waals surface area (Å²) in [6.45, 7) is 5.61. The Balaban J connectivity index is 2.65. The van der Waals surface area contributed by atoms with Gasteiger partial charge in [0.05, 0.1) is 0 Å². The largest absolute Gasteiger partial charge is 0.306 e. The zero-order valence-corrected chi connectivity index (χ0v) is 9.83. The molecule has 0 aromatic heterocycles. The van der Waals surface area contributed by atoms with Gasteiger partial charge in [-0.15, -0.1) is 6.58 Å². The fraction of sp³-hybridized carbons (Fsp3) is 0.250. The Morgan fingerprint density at radius 2 is 2.07 bits per heavy atom. The first-order valence-corrected chi connectivity index (χ1v) is 5.65. The van der Waals surface area contributed by atoms with Crippen molar-refractivity contribution in [2.75, 3.05) is 11.9 Å². The average molecular weight is 221 g/mol. The van der Waals surface area contributed by atoms with E-state index in [4.69, 9.17) is 0 Å². The predicted octanol–water partition coefficient (Wildman–Crippen LogP) is 3.55. The van der Waals surface area contributed by atoms with Gasteiger partial charge in [-0.05, 0) is 19.1 Å². The fourth-order valence-electron chi connectivity index (χ4n) is 1.04. The monoisotopic (exact) mass is 221 g/mol. The standard InChI is InChI=1S/C12H15NOS/c1-4-10(2)15-12(14)13(3)11-8-6-5-7-9-11/h4-10H,1H2,2-3H3. The van der Waals surface area contributed by atoms with Crippen molar-refractivity contribution >= 4 is 22.7 Å². The van der Waals surface area contributed by atoms with Gasteiger partial charge in [-0.25, -0.2) is 0 Å². The Hall–Kier alpha value is -1.22. The van der Waals surface area contributed by atoms with Gasteiger partial charge in [0.1, 0.15) is 0 Å². The number of hydrogen-bond acceptors (Lipinski definition) is 2. The van der Waals surface area contributed by atoms with Crippen LogP contribution in [0.25, 0.3) is 0 Å². The lowest BCUT2D eigenvalue weighted by atomic mass is 10.3. The Morgan fingerprint density at radius 1 is 1.47 bits per heavy atom. The molecule has 0 fully saturated rings. The molecule has 80 valence electrons. The Morgan fingerprint density at radius 3 is 2.60 bits per heavy atom. The summed E-state index contributed by atoms with van der Waals surface area (Å²) >= 11 is 1.27. The van der Waals surface area contributed by atoms with Crippen LogP contribution in [0.2, 0.25) is 0 Å². The minimum absolute atomic E-state index is 0.0357. The molecule has 0 aliphatic rings. The van der Waals surface area contributed by atoms with Gasteiger partial charge >= 0.3 is 0 Å². The Bertz CT molecular complexity index is 337. The molecule has 1 aromatic rings. The van der Waals surface area contributed by atoms with E-state index in [9.17, 15) is 4.79 Å². The summed E-state index contributed by atoms with van der Waals surface area (Å²) in [6.07, 6.45) is 1.77. The molecule has 1 amide bonds. The van der Waals surface area contributed by atoms with Crippen molar-refractivity contribution in [2.45, 2.75) is 12.2 Å². The molecule has 0 radical (unpaired) electrons. The van der Waals surface area contributed by atoms with Gasteiger partial charge in [-0.1, -0.05) is 36.0 Å². The number of anilines is 1. The van der Waals surface area contributed by atoms with E-state index in [1.165, 1.54) is 11.8 Å². The number of carbonyl (C=O) groups is 1. The van der Waals surface area contributed by atoms with Crippen LogP contribution in [0.15, 0.2) is 43.0 Å². The highest BCUT2D eigenvalue weighted by molar-refractivity contribution is 8.14. The molecular weight excluding hydrogens is 206 g/mol. The topological polar surface area (TPSA) is 20.3 Å². The molecule has 0 aliphatic heterocycles. The van der Waals surface area contributed by atoms with Gasteiger partial charge in [0.2, 0.25) is 0 Å². The molecular formula is C12H15NOS. The van der Waals surface area contributed by atoms with Gasteiger partial charge in [0, 0.05) is 18.0 Å². The molecule has 3 heteroatoms. The average Bonchev–Trinajstić information content (AvgIpc) is 2.29. The second kappa shape index (κ2) is 5.61. The number of benzene rings is 1. The predicted molar refractivity (Wildman–Crippen MR) is 67.5 cm³/mol. The van der Waals surface area contributed by atoms with Crippen molar-refractivity contribution in [3.63, 3.8) is 0 Å². The summed E-state index contributed by atoms with van der Waals surface area (Å²) in [7, 11) is 1.78. The first-order chi connectivity index (χ1) is 7.15. The molecule has 0 aliphatic carbocycles. The number of nitrogens with zero attached hydrogens (tertiary/aromatic N) is 1. The maximum absolute atomic E-state index is 11.8. The van der Waals surface area contributed by atoms with Gasteiger partial charge in [-0.3, -0.25) is 4.79 Å². The summed E-state index contributed by atoms with van der Waals surface area (Å²) in [5, 5.41) is 0.178. The SMILES string of the molecule is C=CC(C)SC(=O)N(C)c1ccccc1. The van der Waals surface area contributed by atoms with E-state index in [1.54, 1.807) is 18.0 Å². The van der Waals surface area contributed by atoms with Crippen molar-refractivity contribution in [1.29, 1.82) is 0 Å². The van der Waals surface area contributed by atoms with Crippen molar-refractivity contribution in [3.8, 4) is 0 Å². The molecule has 1 unspecified atom stereocenters. The van der Waals surface area contributed by atoms with Gasteiger partial charge in [0.15, 0.2) is 0 Å². The van der Waals surface area contributed by atoms with Crippen LogP contribution in [-0.2, 0) is 0 Å². The molecule has 2 nitrogen and oxygen atoms in total. The molecule has 0 heterocycles. The molecule has 1 atom stereocenters.